The number of ketones is 1. The largest absolute Gasteiger partial charge is 0.382 e. The van der Waals surface area contributed by atoms with E-state index >= 15 is 0 Å². The van der Waals surface area contributed by atoms with Crippen LogP contribution >= 0.6 is 11.3 Å². The lowest BCUT2D eigenvalue weighted by Crippen LogP contribution is -2.58. The molecule has 11 heteroatoms. The Morgan fingerprint density at radius 3 is 2.00 bits per heavy atom. The molecule has 1 heterocycles. The van der Waals surface area contributed by atoms with E-state index in [0.29, 0.717) is 15.5 Å². The van der Waals surface area contributed by atoms with Crippen molar-refractivity contribution in [2.75, 3.05) is 27.4 Å². The van der Waals surface area contributed by atoms with Crippen molar-refractivity contribution in [2.45, 2.75) is 38.4 Å². The number of carbonyl (C=O) groups excluding carboxylic acids is 4. The van der Waals surface area contributed by atoms with E-state index < -0.39 is 35.8 Å². The highest BCUT2D eigenvalue weighted by Gasteiger charge is 2.30. The smallest absolute Gasteiger partial charge is 0.263 e. The summed E-state index contributed by atoms with van der Waals surface area (Å²) in [5.74, 6) is -2.06. The average molecular weight is 517 g/mol. The van der Waals surface area contributed by atoms with E-state index in [1.807, 2.05) is 30.3 Å². The van der Waals surface area contributed by atoms with Gasteiger partial charge in [-0.05, 0) is 25.0 Å². The van der Waals surface area contributed by atoms with Gasteiger partial charge in [-0.2, -0.15) is 0 Å². The second kappa shape index (κ2) is 14.2. The van der Waals surface area contributed by atoms with Crippen LogP contribution in [0.2, 0.25) is 0 Å². The molecule has 0 unspecified atom stereocenters. The van der Waals surface area contributed by atoms with Crippen LogP contribution in [-0.2, 0) is 30.3 Å². The van der Waals surface area contributed by atoms with Gasteiger partial charge in [0.25, 0.3) is 5.91 Å². The van der Waals surface area contributed by atoms with Crippen LogP contribution in [0, 0.1) is 6.92 Å². The first-order chi connectivity index (χ1) is 17.2. The maximum absolute atomic E-state index is 13.1. The molecule has 0 aliphatic rings. The molecule has 1 aromatic heterocycles. The molecule has 0 radical (unpaired) electrons. The number of Topliss-reactive ketones (excluding diaryl/α,β-unsaturated/α-hetero) is 1. The highest BCUT2D eigenvalue weighted by Crippen LogP contribution is 2.12. The molecule has 3 N–H and O–H groups in total. The van der Waals surface area contributed by atoms with E-state index in [2.05, 4.69) is 27.5 Å². The summed E-state index contributed by atoms with van der Waals surface area (Å²) in [5, 5.41) is 8.60. The summed E-state index contributed by atoms with van der Waals surface area (Å²) in [6, 6.07) is 6.15. The number of nitrogens with zero attached hydrogens (tertiary/aromatic N) is 1. The van der Waals surface area contributed by atoms with Crippen LogP contribution in [0.15, 0.2) is 48.7 Å². The number of hydrogen-bond acceptors (Lipinski definition) is 8. The van der Waals surface area contributed by atoms with Crippen molar-refractivity contribution in [3.05, 3.63) is 64.1 Å². The van der Waals surface area contributed by atoms with Gasteiger partial charge in [0.15, 0.2) is 5.78 Å². The minimum Gasteiger partial charge on any atom is -0.382 e. The highest BCUT2D eigenvalue weighted by atomic mass is 32.1. The molecule has 0 bridgehead atoms. The summed E-state index contributed by atoms with van der Waals surface area (Å²) < 4.78 is 10.2. The van der Waals surface area contributed by atoms with Gasteiger partial charge in [-0.3, -0.25) is 19.2 Å². The second-order valence-corrected chi connectivity index (χ2v) is 9.37. The third kappa shape index (κ3) is 8.67. The Labute approximate surface area is 214 Å². The van der Waals surface area contributed by atoms with Crippen molar-refractivity contribution in [3.8, 4) is 0 Å². The van der Waals surface area contributed by atoms with Crippen molar-refractivity contribution >= 4 is 34.8 Å². The number of methoxy groups -OCH3 is 2. The SMILES string of the molecule is C=C(C)C(=O)[C@H](Cc1ccccc1)NC(=O)[C@H](COC)NC(=O)[C@H](COC)NC(=O)c1cnc(C)s1. The topological polar surface area (TPSA) is 136 Å². The van der Waals surface area contributed by atoms with E-state index in [9.17, 15) is 19.2 Å². The van der Waals surface area contributed by atoms with Crippen LogP contribution in [0.3, 0.4) is 0 Å². The van der Waals surface area contributed by atoms with Crippen molar-refractivity contribution in [3.63, 3.8) is 0 Å². The molecule has 0 saturated heterocycles. The fourth-order valence-corrected chi connectivity index (χ4v) is 3.98. The molecule has 0 spiro atoms. The number of amides is 3. The summed E-state index contributed by atoms with van der Waals surface area (Å²) in [5.41, 5.74) is 1.15. The van der Waals surface area contributed by atoms with Crippen LogP contribution < -0.4 is 16.0 Å². The van der Waals surface area contributed by atoms with Gasteiger partial charge in [0.1, 0.15) is 17.0 Å². The monoisotopic (exact) mass is 516 g/mol. The zero-order valence-corrected chi connectivity index (χ0v) is 21.6. The first-order valence-electron chi connectivity index (χ1n) is 11.2. The highest BCUT2D eigenvalue weighted by molar-refractivity contribution is 7.13. The number of benzene rings is 1. The fraction of sp³-hybridized carbons (Fsp3) is 0.400. The van der Waals surface area contributed by atoms with Gasteiger partial charge in [0.2, 0.25) is 11.8 Å². The molecular weight excluding hydrogens is 484 g/mol. The lowest BCUT2D eigenvalue weighted by atomic mass is 9.98. The summed E-state index contributed by atoms with van der Waals surface area (Å²) >= 11 is 1.19. The summed E-state index contributed by atoms with van der Waals surface area (Å²) in [6.07, 6.45) is 1.67. The van der Waals surface area contributed by atoms with E-state index in [4.69, 9.17) is 9.47 Å². The predicted octanol–water partition coefficient (Wildman–Crippen LogP) is 1.20. The summed E-state index contributed by atoms with van der Waals surface area (Å²) in [7, 11) is 2.77. The van der Waals surface area contributed by atoms with E-state index in [-0.39, 0.29) is 25.4 Å². The van der Waals surface area contributed by atoms with Gasteiger partial charge in [0.05, 0.1) is 30.5 Å². The van der Waals surface area contributed by atoms with E-state index in [0.717, 1.165) is 5.56 Å². The molecule has 10 nitrogen and oxygen atoms in total. The standard InChI is InChI=1S/C25H32N4O6S/c1-15(2)22(30)18(11-17-9-7-6-8-10-17)27-23(31)19(13-34-4)28-24(32)20(14-35-5)29-25(33)21-12-26-16(3)36-21/h6-10,12,18-20H,1,11,13-14H2,2-5H3,(H,27,31)(H,28,32)(H,29,33)/t18-,19-,20-/m0/s1. The molecule has 2 aromatic rings. The number of nitrogens with one attached hydrogen (secondary N) is 3. The van der Waals surface area contributed by atoms with Crippen molar-refractivity contribution in [1.82, 2.24) is 20.9 Å². The Bertz CT molecular complexity index is 1070. The molecule has 0 fully saturated rings. The molecule has 0 aliphatic carbocycles. The Hall–Kier alpha value is -3.41. The second-order valence-electron chi connectivity index (χ2n) is 8.14. The first-order valence-corrected chi connectivity index (χ1v) is 12.0. The summed E-state index contributed by atoms with van der Waals surface area (Å²) in [4.78, 5) is 55.7. The molecule has 2 rings (SSSR count). The number of ether oxygens (including phenoxy) is 2. The van der Waals surface area contributed by atoms with Gasteiger partial charge in [-0.25, -0.2) is 4.98 Å². The van der Waals surface area contributed by atoms with Gasteiger partial charge >= 0.3 is 0 Å². The average Bonchev–Trinajstić information content (AvgIpc) is 3.29. The molecule has 0 aliphatic heterocycles. The Balaban J connectivity index is 2.13. The number of thiazole rings is 1. The molecule has 3 atom stereocenters. The third-order valence-corrected chi connectivity index (χ3v) is 6.01. The zero-order valence-electron chi connectivity index (χ0n) is 20.8. The van der Waals surface area contributed by atoms with Crippen molar-refractivity contribution in [1.29, 1.82) is 0 Å². The van der Waals surface area contributed by atoms with E-state index in [1.165, 1.54) is 31.8 Å². The number of rotatable bonds is 14. The predicted molar refractivity (Wildman–Crippen MR) is 136 cm³/mol. The van der Waals surface area contributed by atoms with Gasteiger partial charge < -0.3 is 25.4 Å². The van der Waals surface area contributed by atoms with Crippen LogP contribution in [0.5, 0.6) is 0 Å². The van der Waals surface area contributed by atoms with Crippen LogP contribution in [-0.4, -0.2) is 74.0 Å². The molecule has 36 heavy (non-hydrogen) atoms. The molecule has 0 saturated carbocycles. The van der Waals surface area contributed by atoms with Crippen molar-refractivity contribution in [2.24, 2.45) is 0 Å². The fourth-order valence-electron chi connectivity index (χ4n) is 3.30. The number of aryl methyl sites for hydroxylation is 1. The number of carbonyl (C=O) groups is 4. The van der Waals surface area contributed by atoms with Crippen LogP contribution in [0.4, 0.5) is 0 Å². The van der Waals surface area contributed by atoms with Gasteiger partial charge in [0, 0.05) is 20.6 Å². The Morgan fingerprint density at radius 1 is 0.944 bits per heavy atom. The molecule has 194 valence electrons. The van der Waals surface area contributed by atoms with Crippen LogP contribution in [0.25, 0.3) is 0 Å². The van der Waals surface area contributed by atoms with E-state index in [1.54, 1.807) is 13.8 Å². The minimum absolute atomic E-state index is 0.124. The summed E-state index contributed by atoms with van der Waals surface area (Å²) in [6.45, 7) is 6.76. The van der Waals surface area contributed by atoms with Crippen molar-refractivity contribution < 1.29 is 28.7 Å². The first kappa shape index (κ1) is 28.8. The van der Waals surface area contributed by atoms with Gasteiger partial charge in [-0.1, -0.05) is 36.9 Å². The lowest BCUT2D eigenvalue weighted by Gasteiger charge is -2.25. The minimum atomic E-state index is -1.12. The third-order valence-electron chi connectivity index (χ3n) is 5.10. The van der Waals surface area contributed by atoms with Gasteiger partial charge in [-0.15, -0.1) is 11.3 Å². The lowest BCUT2D eigenvalue weighted by molar-refractivity contribution is -0.133. The number of aromatic nitrogens is 1. The Morgan fingerprint density at radius 2 is 1.50 bits per heavy atom. The quantitative estimate of drug-likeness (QED) is 0.321. The maximum atomic E-state index is 13.1. The molecule has 3 amide bonds. The maximum Gasteiger partial charge on any atom is 0.263 e. The molecule has 1 aromatic carbocycles. The zero-order chi connectivity index (χ0) is 26.7. The number of hydrogen-bond donors (Lipinski definition) is 3. The Kier molecular flexibility index (Phi) is 11.4. The normalized spacial score (nSPS) is 13.2. The van der Waals surface area contributed by atoms with Crippen LogP contribution in [0.1, 0.15) is 27.2 Å². The molecular formula is C25H32N4O6S.